The van der Waals surface area contributed by atoms with Gasteiger partial charge in [-0.1, -0.05) is 37.1 Å². The fourth-order valence-corrected chi connectivity index (χ4v) is 4.76. The Morgan fingerprint density at radius 3 is 2.61 bits per heavy atom. The summed E-state index contributed by atoms with van der Waals surface area (Å²) in [6.45, 7) is 2.33. The number of benzene rings is 2. The van der Waals surface area contributed by atoms with E-state index >= 15 is 0 Å². The Balaban J connectivity index is 1.56. The molecule has 31 heavy (non-hydrogen) atoms. The first kappa shape index (κ1) is 19.7. The molecule has 1 fully saturated rings. The third kappa shape index (κ3) is 3.38. The van der Waals surface area contributed by atoms with Gasteiger partial charge in [0.2, 0.25) is 5.91 Å². The molecular weight excluding hydrogens is 395 g/mol. The average Bonchev–Trinajstić information content (AvgIpc) is 3.40. The number of para-hydroxylation sites is 2. The standard InChI is InChI=1S/C24H25FN4O2/c1-24(23(31)26-18-6-2-3-7-18)15-28-20-9-5-4-8-19(20)27-21(28)22(30)29(24)14-16-10-12-17(25)13-11-16/h4-5,8-13,18H,2-3,6-7,14-15H2,1H3,(H,26,31). The summed E-state index contributed by atoms with van der Waals surface area (Å²) in [6, 6.07) is 13.8. The largest absolute Gasteiger partial charge is 0.351 e. The van der Waals surface area contributed by atoms with Crippen molar-refractivity contribution in [2.24, 2.45) is 0 Å². The van der Waals surface area contributed by atoms with E-state index in [1.54, 1.807) is 17.0 Å². The van der Waals surface area contributed by atoms with Crippen LogP contribution in [0.4, 0.5) is 4.39 Å². The molecule has 2 heterocycles. The number of halogens is 1. The third-order valence-corrected chi connectivity index (χ3v) is 6.59. The van der Waals surface area contributed by atoms with Crippen LogP contribution < -0.4 is 5.32 Å². The van der Waals surface area contributed by atoms with Gasteiger partial charge in [0.15, 0.2) is 5.82 Å². The number of carbonyl (C=O) groups is 2. The molecule has 6 nitrogen and oxygen atoms in total. The van der Waals surface area contributed by atoms with Crippen molar-refractivity contribution in [1.29, 1.82) is 0 Å². The second-order valence-electron chi connectivity index (χ2n) is 8.76. The monoisotopic (exact) mass is 420 g/mol. The topological polar surface area (TPSA) is 67.2 Å². The van der Waals surface area contributed by atoms with Crippen molar-refractivity contribution in [1.82, 2.24) is 19.8 Å². The van der Waals surface area contributed by atoms with Crippen LogP contribution in [0.5, 0.6) is 0 Å². The maximum Gasteiger partial charge on any atom is 0.291 e. The van der Waals surface area contributed by atoms with Crippen LogP contribution in [-0.4, -0.2) is 37.8 Å². The van der Waals surface area contributed by atoms with Crippen molar-refractivity contribution in [3.8, 4) is 0 Å². The van der Waals surface area contributed by atoms with Crippen LogP contribution in [0.3, 0.4) is 0 Å². The Bertz CT molecular complexity index is 1150. The van der Waals surface area contributed by atoms with Gasteiger partial charge in [-0.15, -0.1) is 0 Å². The number of fused-ring (bicyclic) bond motifs is 3. The Labute approximate surface area is 180 Å². The minimum Gasteiger partial charge on any atom is -0.351 e. The summed E-state index contributed by atoms with van der Waals surface area (Å²) in [7, 11) is 0. The zero-order valence-corrected chi connectivity index (χ0v) is 17.5. The summed E-state index contributed by atoms with van der Waals surface area (Å²) in [5, 5.41) is 3.18. The minimum absolute atomic E-state index is 0.146. The van der Waals surface area contributed by atoms with Gasteiger partial charge in [0.05, 0.1) is 17.6 Å². The van der Waals surface area contributed by atoms with Crippen molar-refractivity contribution in [3.63, 3.8) is 0 Å². The van der Waals surface area contributed by atoms with Crippen LogP contribution in [0.1, 0.15) is 48.8 Å². The van der Waals surface area contributed by atoms with E-state index in [1.165, 1.54) is 12.1 Å². The van der Waals surface area contributed by atoms with Crippen LogP contribution in [0.2, 0.25) is 0 Å². The summed E-state index contributed by atoms with van der Waals surface area (Å²) in [5.41, 5.74) is 1.24. The lowest BCUT2D eigenvalue weighted by Crippen LogP contribution is -2.64. The first-order chi connectivity index (χ1) is 15.0. The highest BCUT2D eigenvalue weighted by molar-refractivity contribution is 6.01. The lowest BCUT2D eigenvalue weighted by Gasteiger charge is -2.44. The SMILES string of the molecule is CC1(C(=O)NC2CCCC2)Cn2c(nc3ccccc32)C(=O)N1Cc1ccc(F)cc1. The molecule has 0 spiro atoms. The molecule has 1 aliphatic carbocycles. The first-order valence-corrected chi connectivity index (χ1v) is 10.8. The molecular formula is C24H25FN4O2. The highest BCUT2D eigenvalue weighted by Gasteiger charge is 2.48. The van der Waals surface area contributed by atoms with E-state index < -0.39 is 5.54 Å². The summed E-state index contributed by atoms with van der Waals surface area (Å²) in [5.74, 6) is -0.458. The lowest BCUT2D eigenvalue weighted by molar-refractivity contribution is -0.133. The van der Waals surface area contributed by atoms with Crippen LogP contribution in [0.25, 0.3) is 11.0 Å². The van der Waals surface area contributed by atoms with Gasteiger partial charge < -0.3 is 14.8 Å². The molecule has 1 aromatic heterocycles. The smallest absolute Gasteiger partial charge is 0.291 e. The number of carbonyl (C=O) groups excluding carboxylic acids is 2. The van der Waals surface area contributed by atoms with Gasteiger partial charge in [-0.3, -0.25) is 9.59 Å². The Morgan fingerprint density at radius 1 is 1.16 bits per heavy atom. The summed E-state index contributed by atoms with van der Waals surface area (Å²) >= 11 is 0. The number of amides is 2. The quantitative estimate of drug-likeness (QED) is 0.701. The zero-order chi connectivity index (χ0) is 21.6. The summed E-state index contributed by atoms with van der Waals surface area (Å²) < 4.78 is 15.3. The highest BCUT2D eigenvalue weighted by atomic mass is 19.1. The number of hydrogen-bond donors (Lipinski definition) is 1. The van der Waals surface area contributed by atoms with Crippen molar-refractivity contribution < 1.29 is 14.0 Å². The first-order valence-electron chi connectivity index (χ1n) is 10.8. The highest BCUT2D eigenvalue weighted by Crippen LogP contribution is 2.32. The molecule has 7 heteroatoms. The van der Waals surface area contributed by atoms with Gasteiger partial charge >= 0.3 is 0 Å². The fourth-order valence-electron chi connectivity index (χ4n) is 4.76. The molecule has 5 rings (SSSR count). The van der Waals surface area contributed by atoms with Crippen LogP contribution >= 0.6 is 0 Å². The third-order valence-electron chi connectivity index (χ3n) is 6.59. The number of imidazole rings is 1. The molecule has 3 aromatic rings. The van der Waals surface area contributed by atoms with Gasteiger partial charge in [0, 0.05) is 12.6 Å². The molecule has 2 aliphatic rings. The molecule has 1 atom stereocenters. The molecule has 160 valence electrons. The van der Waals surface area contributed by atoms with Gasteiger partial charge in [0.25, 0.3) is 5.91 Å². The molecule has 1 N–H and O–H groups in total. The molecule has 1 aliphatic heterocycles. The van der Waals surface area contributed by atoms with E-state index in [0.29, 0.717) is 12.4 Å². The van der Waals surface area contributed by atoms with E-state index in [9.17, 15) is 14.0 Å². The number of nitrogens with one attached hydrogen (secondary N) is 1. The zero-order valence-electron chi connectivity index (χ0n) is 17.5. The number of hydrogen-bond acceptors (Lipinski definition) is 3. The van der Waals surface area contributed by atoms with Crippen LogP contribution in [0, 0.1) is 5.82 Å². The fraction of sp³-hybridized carbons (Fsp3) is 0.375. The molecule has 1 saturated carbocycles. The van der Waals surface area contributed by atoms with Gasteiger partial charge in [-0.2, -0.15) is 0 Å². The van der Waals surface area contributed by atoms with Gasteiger partial charge in [0.1, 0.15) is 11.4 Å². The van der Waals surface area contributed by atoms with Crippen molar-refractivity contribution in [3.05, 3.63) is 65.7 Å². The van der Waals surface area contributed by atoms with E-state index in [0.717, 1.165) is 42.3 Å². The van der Waals surface area contributed by atoms with Crippen molar-refractivity contribution in [2.45, 2.75) is 57.3 Å². The molecule has 1 unspecified atom stereocenters. The average molecular weight is 420 g/mol. The summed E-state index contributed by atoms with van der Waals surface area (Å²) in [4.78, 5) is 33.3. The summed E-state index contributed by atoms with van der Waals surface area (Å²) in [6.07, 6.45) is 4.15. The van der Waals surface area contributed by atoms with E-state index in [1.807, 2.05) is 35.8 Å². The minimum atomic E-state index is -1.09. The van der Waals surface area contributed by atoms with Crippen molar-refractivity contribution in [2.75, 3.05) is 0 Å². The van der Waals surface area contributed by atoms with Crippen LogP contribution in [-0.2, 0) is 17.9 Å². The van der Waals surface area contributed by atoms with Crippen molar-refractivity contribution >= 4 is 22.8 Å². The molecule has 0 radical (unpaired) electrons. The lowest BCUT2D eigenvalue weighted by atomic mass is 9.93. The Hall–Kier alpha value is -3.22. The number of aromatic nitrogens is 2. The predicted octanol–water partition coefficient (Wildman–Crippen LogP) is 3.65. The Kier molecular flexibility index (Phi) is 4.76. The van der Waals surface area contributed by atoms with Gasteiger partial charge in [-0.25, -0.2) is 9.37 Å². The van der Waals surface area contributed by atoms with E-state index in [2.05, 4.69) is 10.3 Å². The van der Waals surface area contributed by atoms with Gasteiger partial charge in [-0.05, 0) is 49.6 Å². The maximum atomic E-state index is 13.6. The molecule has 0 saturated heterocycles. The molecule has 2 aromatic carbocycles. The number of nitrogens with zero attached hydrogens (tertiary/aromatic N) is 3. The molecule has 0 bridgehead atoms. The maximum absolute atomic E-state index is 13.6. The second-order valence-corrected chi connectivity index (χ2v) is 8.76. The normalized spacial score (nSPS) is 21.5. The Morgan fingerprint density at radius 2 is 1.87 bits per heavy atom. The predicted molar refractivity (Wildman–Crippen MR) is 115 cm³/mol. The van der Waals surface area contributed by atoms with E-state index in [4.69, 9.17) is 0 Å². The van der Waals surface area contributed by atoms with Crippen LogP contribution in [0.15, 0.2) is 48.5 Å². The number of rotatable bonds is 4. The van der Waals surface area contributed by atoms with E-state index in [-0.39, 0.29) is 30.2 Å². The second kappa shape index (κ2) is 7.48. The molecule has 2 amide bonds.